The summed E-state index contributed by atoms with van der Waals surface area (Å²) in [4.78, 5) is 11.8. The molecule has 2 rings (SSSR count). The minimum absolute atomic E-state index is 0.635. The van der Waals surface area contributed by atoms with E-state index in [-0.39, 0.29) is 0 Å². The molecule has 0 radical (unpaired) electrons. The average Bonchev–Trinajstić information content (AvgIpc) is 2.97. The molecule has 4 heteroatoms. The molecule has 1 aromatic rings. The molecule has 86 valence electrons. The minimum atomic E-state index is -3.60. The number of sulfone groups is 1. The van der Waals surface area contributed by atoms with E-state index in [4.69, 9.17) is 0 Å². The van der Waals surface area contributed by atoms with Gasteiger partial charge in [0.2, 0.25) is 9.84 Å². The molecule has 1 aliphatic carbocycles. The van der Waals surface area contributed by atoms with Crippen molar-refractivity contribution in [1.29, 1.82) is 0 Å². The zero-order valence-corrected chi connectivity index (χ0v) is 10.2. The van der Waals surface area contributed by atoms with E-state index in [0.29, 0.717) is 12.8 Å². The van der Waals surface area contributed by atoms with Gasteiger partial charge in [-0.1, -0.05) is 29.8 Å². The second-order valence-electron chi connectivity index (χ2n) is 4.51. The van der Waals surface area contributed by atoms with Gasteiger partial charge in [0.1, 0.15) is 0 Å². The second kappa shape index (κ2) is 3.42. The Balaban J connectivity index is 2.41. The molecule has 1 fully saturated rings. The van der Waals surface area contributed by atoms with Crippen molar-refractivity contribution in [2.24, 2.45) is 0 Å². The molecule has 16 heavy (non-hydrogen) atoms. The number of benzene rings is 1. The Labute approximate surface area is 95.4 Å². The highest BCUT2D eigenvalue weighted by molar-refractivity contribution is 8.05. The Kier molecular flexibility index (Phi) is 2.42. The Morgan fingerprint density at radius 3 is 2.06 bits per heavy atom. The normalized spacial score (nSPS) is 18.1. The van der Waals surface area contributed by atoms with Gasteiger partial charge in [0.15, 0.2) is 0 Å². The fourth-order valence-electron chi connectivity index (χ4n) is 1.96. The number of carbonyl (C=O) groups is 1. The van der Waals surface area contributed by atoms with Crippen LogP contribution >= 0.6 is 0 Å². The summed E-state index contributed by atoms with van der Waals surface area (Å²) >= 11 is 0. The molecule has 1 aromatic carbocycles. The molecule has 0 aromatic heterocycles. The molecule has 3 nitrogen and oxygen atoms in total. The first-order chi connectivity index (χ1) is 7.36. The molecule has 0 aliphatic heterocycles. The smallest absolute Gasteiger partial charge is 0.256 e. The van der Waals surface area contributed by atoms with E-state index in [1.54, 1.807) is 0 Å². The standard InChI is InChI=1S/C12H14O3S/c1-9-3-5-10(6-4-9)12(7-8-12)11(13)16(2,14)15/h3-6H,7-8H2,1-2H3. The van der Waals surface area contributed by atoms with Crippen LogP contribution in [0.2, 0.25) is 0 Å². The quantitative estimate of drug-likeness (QED) is 0.786. The van der Waals surface area contributed by atoms with Crippen LogP contribution in [0, 0.1) is 6.92 Å². The van der Waals surface area contributed by atoms with Gasteiger partial charge < -0.3 is 0 Å². The third-order valence-corrected chi connectivity index (χ3v) is 4.15. The third kappa shape index (κ3) is 1.78. The van der Waals surface area contributed by atoms with Crippen LogP contribution in [0.25, 0.3) is 0 Å². The maximum Gasteiger partial charge on any atom is 0.256 e. The summed E-state index contributed by atoms with van der Waals surface area (Å²) in [6.07, 6.45) is 2.27. The first kappa shape index (κ1) is 11.3. The van der Waals surface area contributed by atoms with Crippen molar-refractivity contribution in [1.82, 2.24) is 0 Å². The molecule has 0 heterocycles. The number of carbonyl (C=O) groups excluding carboxylic acids is 1. The molecule has 0 atom stereocenters. The van der Waals surface area contributed by atoms with E-state index in [0.717, 1.165) is 17.4 Å². The van der Waals surface area contributed by atoms with Gasteiger partial charge in [-0.2, -0.15) is 0 Å². The van der Waals surface area contributed by atoms with Crippen LogP contribution in [0.3, 0.4) is 0 Å². The van der Waals surface area contributed by atoms with Crippen molar-refractivity contribution < 1.29 is 13.2 Å². The van der Waals surface area contributed by atoms with Gasteiger partial charge >= 0.3 is 0 Å². The Hall–Kier alpha value is -1.16. The summed E-state index contributed by atoms with van der Waals surface area (Å²) in [5, 5.41) is -0.635. The van der Waals surface area contributed by atoms with Crippen LogP contribution in [0.5, 0.6) is 0 Å². The van der Waals surface area contributed by atoms with E-state index in [2.05, 4.69) is 0 Å². The van der Waals surface area contributed by atoms with Gasteiger partial charge in [0.05, 0.1) is 5.41 Å². The third-order valence-electron chi connectivity index (χ3n) is 3.08. The highest BCUT2D eigenvalue weighted by Gasteiger charge is 2.54. The summed E-state index contributed by atoms with van der Waals surface area (Å²) < 4.78 is 22.6. The first-order valence-electron chi connectivity index (χ1n) is 5.18. The van der Waals surface area contributed by atoms with E-state index in [1.165, 1.54) is 0 Å². The van der Waals surface area contributed by atoms with Crippen LogP contribution in [0.15, 0.2) is 24.3 Å². The molecular formula is C12H14O3S. The fraction of sp³-hybridized carbons (Fsp3) is 0.417. The van der Waals surface area contributed by atoms with E-state index < -0.39 is 20.4 Å². The molecule has 0 amide bonds. The van der Waals surface area contributed by atoms with Gasteiger partial charge in [-0.3, -0.25) is 4.79 Å². The highest BCUT2D eigenvalue weighted by atomic mass is 32.2. The Morgan fingerprint density at radius 1 is 1.19 bits per heavy atom. The van der Waals surface area contributed by atoms with Crippen LogP contribution in [0.4, 0.5) is 0 Å². The van der Waals surface area contributed by atoms with Crippen LogP contribution in [0.1, 0.15) is 24.0 Å². The lowest BCUT2D eigenvalue weighted by molar-refractivity contribution is -0.113. The molecule has 0 spiro atoms. The lowest BCUT2D eigenvalue weighted by Gasteiger charge is -2.12. The number of aryl methyl sites for hydroxylation is 1. The van der Waals surface area contributed by atoms with Crippen molar-refractivity contribution >= 4 is 15.0 Å². The van der Waals surface area contributed by atoms with Crippen LogP contribution in [-0.4, -0.2) is 19.8 Å². The van der Waals surface area contributed by atoms with E-state index >= 15 is 0 Å². The summed E-state index contributed by atoms with van der Waals surface area (Å²) in [7, 11) is -3.60. The zero-order valence-electron chi connectivity index (χ0n) is 9.36. The van der Waals surface area contributed by atoms with Gasteiger partial charge in [0, 0.05) is 6.26 Å². The molecule has 0 saturated heterocycles. The average molecular weight is 238 g/mol. The zero-order chi connectivity index (χ0) is 12.0. The van der Waals surface area contributed by atoms with Crippen LogP contribution < -0.4 is 0 Å². The van der Waals surface area contributed by atoms with Gasteiger partial charge in [0.25, 0.3) is 5.12 Å². The summed E-state index contributed by atoms with van der Waals surface area (Å²) in [6, 6.07) is 7.52. The SMILES string of the molecule is Cc1ccc(C2(C(=O)S(C)(=O)=O)CC2)cc1. The van der Waals surface area contributed by atoms with Crippen molar-refractivity contribution in [2.45, 2.75) is 25.2 Å². The van der Waals surface area contributed by atoms with Crippen molar-refractivity contribution in [3.8, 4) is 0 Å². The molecule has 1 saturated carbocycles. The van der Waals surface area contributed by atoms with E-state index in [1.807, 2.05) is 31.2 Å². The molecule has 0 unspecified atom stereocenters. The topological polar surface area (TPSA) is 51.2 Å². The largest absolute Gasteiger partial charge is 0.281 e. The maximum absolute atomic E-state index is 11.8. The lowest BCUT2D eigenvalue weighted by atomic mass is 9.97. The summed E-state index contributed by atoms with van der Waals surface area (Å²) in [5.41, 5.74) is 1.18. The predicted octanol–water partition coefficient (Wildman–Crippen LogP) is 1.60. The monoisotopic (exact) mass is 238 g/mol. The van der Waals surface area contributed by atoms with Crippen LogP contribution in [-0.2, 0) is 20.0 Å². The predicted molar refractivity (Wildman–Crippen MR) is 61.9 cm³/mol. The molecular weight excluding hydrogens is 224 g/mol. The number of rotatable bonds is 2. The highest BCUT2D eigenvalue weighted by Crippen LogP contribution is 2.49. The summed E-state index contributed by atoms with van der Waals surface area (Å²) in [6.45, 7) is 1.96. The molecule has 0 bridgehead atoms. The molecule has 0 N–H and O–H groups in total. The fourth-order valence-corrected chi connectivity index (χ4v) is 2.99. The number of hydrogen-bond acceptors (Lipinski definition) is 3. The maximum atomic E-state index is 11.8. The van der Waals surface area contributed by atoms with E-state index in [9.17, 15) is 13.2 Å². The first-order valence-corrected chi connectivity index (χ1v) is 7.07. The Morgan fingerprint density at radius 2 is 1.69 bits per heavy atom. The van der Waals surface area contributed by atoms with Gasteiger partial charge in [-0.15, -0.1) is 0 Å². The second-order valence-corrected chi connectivity index (χ2v) is 6.42. The lowest BCUT2D eigenvalue weighted by Crippen LogP contribution is -2.27. The van der Waals surface area contributed by atoms with Gasteiger partial charge in [-0.25, -0.2) is 8.42 Å². The van der Waals surface area contributed by atoms with Crippen molar-refractivity contribution in [2.75, 3.05) is 6.26 Å². The summed E-state index contributed by atoms with van der Waals surface area (Å²) in [5.74, 6) is 0. The minimum Gasteiger partial charge on any atom is -0.281 e. The number of hydrogen-bond donors (Lipinski definition) is 0. The van der Waals surface area contributed by atoms with Crippen molar-refractivity contribution in [3.05, 3.63) is 35.4 Å². The molecule has 1 aliphatic rings. The van der Waals surface area contributed by atoms with Crippen molar-refractivity contribution in [3.63, 3.8) is 0 Å². The Bertz CT molecular complexity index is 522. The van der Waals surface area contributed by atoms with Gasteiger partial charge in [-0.05, 0) is 25.3 Å².